The summed E-state index contributed by atoms with van der Waals surface area (Å²) in [7, 11) is 0. The summed E-state index contributed by atoms with van der Waals surface area (Å²) < 4.78 is 35.7. The van der Waals surface area contributed by atoms with Crippen LogP contribution in [0, 0.1) is 0 Å². The maximum Gasteiger partial charge on any atom is 0.303 e. The fraction of sp³-hybridized carbons (Fsp3) is 0.467. The molecular weight excluding hydrogens is 568 g/mol. The van der Waals surface area contributed by atoms with E-state index in [0.717, 1.165) is 38.9 Å². The Labute approximate surface area is 238 Å². The van der Waals surface area contributed by atoms with Gasteiger partial charge in [-0.05, 0) is 31.0 Å². The Morgan fingerprint density at radius 1 is 0.692 bits per heavy atom. The summed E-state index contributed by atoms with van der Waals surface area (Å²) in [5.74, 6) is 0.507. The number of carbonyl (C=O) groups is 2. The molecule has 0 aliphatic heterocycles. The van der Waals surface area contributed by atoms with E-state index < -0.39 is 24.1 Å². The smallest absolute Gasteiger partial charge is 0.303 e. The van der Waals surface area contributed by atoms with Crippen LogP contribution in [-0.4, -0.2) is 63.8 Å². The molecule has 0 radical (unpaired) electrons. The number of carbonyl (C=O) groups excluding carboxylic acids is 2. The van der Waals surface area contributed by atoms with Crippen molar-refractivity contribution in [2.75, 3.05) is 39.6 Å². The van der Waals surface area contributed by atoms with E-state index in [-0.39, 0.29) is 26.4 Å². The summed E-state index contributed by atoms with van der Waals surface area (Å²) in [5, 5.41) is 3.32. The number of fused-ring (bicyclic) bond motifs is 2. The molecule has 2 atom stereocenters. The molecule has 3 aromatic rings. The lowest BCUT2D eigenvalue weighted by Gasteiger charge is -2.22. The zero-order valence-electron chi connectivity index (χ0n) is 23.0. The summed E-state index contributed by atoms with van der Waals surface area (Å²) in [5.41, 5.74) is 0. The summed E-state index contributed by atoms with van der Waals surface area (Å²) in [6, 6.07) is 13.6. The summed E-state index contributed by atoms with van der Waals surface area (Å²) in [4.78, 5) is 23.4. The van der Waals surface area contributed by atoms with Gasteiger partial charge in [0.2, 0.25) is 0 Å². The van der Waals surface area contributed by atoms with E-state index in [1.807, 2.05) is 56.3 Å². The van der Waals surface area contributed by atoms with E-state index in [2.05, 4.69) is 15.9 Å². The van der Waals surface area contributed by atoms with Crippen LogP contribution in [0.5, 0.6) is 11.5 Å². The predicted octanol–water partition coefficient (Wildman–Crippen LogP) is 6.23. The summed E-state index contributed by atoms with van der Waals surface area (Å²) in [6.07, 6.45) is 0.615. The molecule has 3 rings (SSSR count). The summed E-state index contributed by atoms with van der Waals surface area (Å²) in [6.45, 7) is 8.66. The minimum absolute atomic E-state index is 0.123. The van der Waals surface area contributed by atoms with Gasteiger partial charge in [0.1, 0.15) is 24.7 Å². The topological polar surface area (TPSA) is 89.5 Å². The molecule has 212 valence electrons. The number of benzene rings is 3. The SMILES string of the molecule is CCCOCC(COc1c2ccccc2c(OCC(COCCC)OC(C)=O)c2cc(Br)ccc12)OC(C)=O. The molecule has 0 N–H and O–H groups in total. The average molecular weight is 606 g/mol. The predicted molar refractivity (Wildman–Crippen MR) is 153 cm³/mol. The molecular formula is C30H37BrO8. The minimum atomic E-state index is -0.557. The first kappa shape index (κ1) is 30.7. The van der Waals surface area contributed by atoms with Crippen LogP contribution in [0.1, 0.15) is 40.5 Å². The molecule has 0 bridgehead atoms. The van der Waals surface area contributed by atoms with Crippen molar-refractivity contribution < 1.29 is 38.0 Å². The monoisotopic (exact) mass is 604 g/mol. The first-order valence-electron chi connectivity index (χ1n) is 13.2. The van der Waals surface area contributed by atoms with Gasteiger partial charge < -0.3 is 28.4 Å². The van der Waals surface area contributed by atoms with Gasteiger partial charge in [-0.1, -0.05) is 54.0 Å². The van der Waals surface area contributed by atoms with Crippen LogP contribution >= 0.6 is 15.9 Å². The Kier molecular flexibility index (Phi) is 12.3. The van der Waals surface area contributed by atoms with Crippen LogP contribution < -0.4 is 9.47 Å². The molecule has 2 unspecified atom stereocenters. The van der Waals surface area contributed by atoms with Crippen molar-refractivity contribution in [1.29, 1.82) is 0 Å². The van der Waals surface area contributed by atoms with Crippen molar-refractivity contribution >= 4 is 49.4 Å². The molecule has 0 fully saturated rings. The number of hydrogen-bond acceptors (Lipinski definition) is 8. The lowest BCUT2D eigenvalue weighted by atomic mass is 10.0. The highest BCUT2D eigenvalue weighted by Crippen LogP contribution is 2.43. The Bertz CT molecular complexity index is 1240. The highest BCUT2D eigenvalue weighted by molar-refractivity contribution is 9.10. The number of hydrogen-bond donors (Lipinski definition) is 0. The standard InChI is InChI=1S/C30H37BrO8/c1-5-13-34-16-23(38-20(3)32)18-36-29-25-9-7-8-10-26(25)30(28-15-22(31)11-12-27(28)29)37-19-24(39-21(4)33)17-35-14-6-2/h7-12,15,23-24H,5-6,13-14,16-19H2,1-4H3. The van der Waals surface area contributed by atoms with Gasteiger partial charge in [-0.25, -0.2) is 0 Å². The van der Waals surface area contributed by atoms with Crippen LogP contribution in [0.2, 0.25) is 0 Å². The van der Waals surface area contributed by atoms with Gasteiger partial charge in [-0.3, -0.25) is 9.59 Å². The first-order valence-corrected chi connectivity index (χ1v) is 14.0. The van der Waals surface area contributed by atoms with E-state index in [1.54, 1.807) is 0 Å². The van der Waals surface area contributed by atoms with E-state index >= 15 is 0 Å². The maximum absolute atomic E-state index is 11.7. The van der Waals surface area contributed by atoms with E-state index in [0.29, 0.717) is 24.7 Å². The fourth-order valence-electron chi connectivity index (χ4n) is 4.16. The van der Waals surface area contributed by atoms with Gasteiger partial charge >= 0.3 is 11.9 Å². The first-order chi connectivity index (χ1) is 18.8. The third kappa shape index (κ3) is 9.08. The van der Waals surface area contributed by atoms with Gasteiger partial charge in [0.15, 0.2) is 12.2 Å². The van der Waals surface area contributed by atoms with Crippen LogP contribution in [0.3, 0.4) is 0 Å². The molecule has 0 aromatic heterocycles. The Morgan fingerprint density at radius 2 is 1.15 bits per heavy atom. The lowest BCUT2D eigenvalue weighted by Crippen LogP contribution is -2.29. The third-order valence-electron chi connectivity index (χ3n) is 5.68. The highest BCUT2D eigenvalue weighted by atomic mass is 79.9. The lowest BCUT2D eigenvalue weighted by molar-refractivity contribution is -0.152. The minimum Gasteiger partial charge on any atom is -0.488 e. The fourth-order valence-corrected chi connectivity index (χ4v) is 4.52. The number of halogens is 1. The Hall–Kier alpha value is -2.88. The normalized spacial score (nSPS) is 12.7. The van der Waals surface area contributed by atoms with Gasteiger partial charge in [0.05, 0.1) is 13.2 Å². The molecule has 0 heterocycles. The Balaban J connectivity index is 1.98. The molecule has 8 nitrogen and oxygen atoms in total. The van der Waals surface area contributed by atoms with E-state index in [9.17, 15) is 9.59 Å². The molecule has 0 spiro atoms. The van der Waals surface area contributed by atoms with Crippen LogP contribution in [0.15, 0.2) is 46.9 Å². The Morgan fingerprint density at radius 3 is 1.62 bits per heavy atom. The molecule has 9 heteroatoms. The van der Waals surface area contributed by atoms with Crippen molar-refractivity contribution in [2.24, 2.45) is 0 Å². The van der Waals surface area contributed by atoms with Gasteiger partial charge in [0, 0.05) is 53.1 Å². The van der Waals surface area contributed by atoms with Gasteiger partial charge in [0.25, 0.3) is 0 Å². The zero-order valence-corrected chi connectivity index (χ0v) is 24.6. The summed E-state index contributed by atoms with van der Waals surface area (Å²) >= 11 is 3.57. The van der Waals surface area contributed by atoms with E-state index in [4.69, 9.17) is 28.4 Å². The van der Waals surface area contributed by atoms with Gasteiger partial charge in [-0.2, -0.15) is 0 Å². The van der Waals surface area contributed by atoms with Crippen molar-refractivity contribution in [3.8, 4) is 11.5 Å². The molecule has 0 saturated carbocycles. The molecule has 0 amide bonds. The van der Waals surface area contributed by atoms with E-state index in [1.165, 1.54) is 13.8 Å². The third-order valence-corrected chi connectivity index (χ3v) is 6.18. The highest BCUT2D eigenvalue weighted by Gasteiger charge is 2.21. The van der Waals surface area contributed by atoms with Crippen molar-refractivity contribution in [2.45, 2.75) is 52.7 Å². The second kappa shape index (κ2) is 15.6. The number of ether oxygens (including phenoxy) is 6. The van der Waals surface area contributed by atoms with Crippen molar-refractivity contribution in [3.63, 3.8) is 0 Å². The quantitative estimate of drug-likeness (QED) is 0.108. The van der Waals surface area contributed by atoms with Crippen LogP contribution in [0.25, 0.3) is 21.5 Å². The average Bonchev–Trinajstić information content (AvgIpc) is 2.89. The molecule has 0 aliphatic carbocycles. The molecule has 3 aromatic carbocycles. The molecule has 0 saturated heterocycles. The van der Waals surface area contributed by atoms with Crippen molar-refractivity contribution in [3.05, 3.63) is 46.9 Å². The van der Waals surface area contributed by atoms with Crippen molar-refractivity contribution in [1.82, 2.24) is 0 Å². The molecule has 0 aliphatic rings. The molecule has 39 heavy (non-hydrogen) atoms. The maximum atomic E-state index is 11.7. The number of esters is 2. The van der Waals surface area contributed by atoms with Crippen LogP contribution in [0.4, 0.5) is 0 Å². The second-order valence-corrected chi connectivity index (χ2v) is 10.0. The van der Waals surface area contributed by atoms with Crippen LogP contribution in [-0.2, 0) is 28.5 Å². The largest absolute Gasteiger partial charge is 0.488 e. The number of rotatable bonds is 16. The van der Waals surface area contributed by atoms with Gasteiger partial charge in [-0.15, -0.1) is 0 Å². The second-order valence-electron chi connectivity index (χ2n) is 9.13. The zero-order chi connectivity index (χ0) is 28.2.